The summed E-state index contributed by atoms with van der Waals surface area (Å²) in [6, 6.07) is 10.1. The highest BCUT2D eigenvalue weighted by molar-refractivity contribution is 6.30. The van der Waals surface area contributed by atoms with Gasteiger partial charge in [0.25, 0.3) is 5.69 Å². The fraction of sp³-hybridized carbons (Fsp3) is 0.150. The summed E-state index contributed by atoms with van der Waals surface area (Å²) in [4.78, 5) is 28.6. The Balaban J connectivity index is 0.000000209. The number of rotatable bonds is 4. The van der Waals surface area contributed by atoms with Crippen molar-refractivity contribution >= 4 is 29.4 Å². The summed E-state index contributed by atoms with van der Waals surface area (Å²) < 4.78 is 0. The smallest absolute Gasteiger partial charge is 0.279 e. The number of aromatic nitrogens is 2. The summed E-state index contributed by atoms with van der Waals surface area (Å²) >= 11 is 5.52. The molecule has 0 amide bonds. The molecule has 7 nitrogen and oxygen atoms in total. The zero-order chi connectivity index (χ0) is 20.7. The van der Waals surface area contributed by atoms with Crippen LogP contribution in [0.5, 0.6) is 0 Å². The van der Waals surface area contributed by atoms with Crippen molar-refractivity contribution in [2.75, 3.05) is 12.4 Å². The fourth-order valence-electron chi connectivity index (χ4n) is 2.29. The molecule has 0 aliphatic carbocycles. The summed E-state index contributed by atoms with van der Waals surface area (Å²) in [6.45, 7) is 4.21. The molecule has 0 radical (unpaired) electrons. The molecule has 1 N–H and O–H groups in total. The van der Waals surface area contributed by atoms with Crippen LogP contribution in [0.4, 0.5) is 11.5 Å². The molecule has 2 aromatic carbocycles. The number of benzene rings is 2. The van der Waals surface area contributed by atoms with Gasteiger partial charge in [0.15, 0.2) is 6.29 Å². The van der Waals surface area contributed by atoms with Crippen LogP contribution in [0.15, 0.2) is 48.8 Å². The standard InChI is InChI=1S/C13H15N3.C7H4ClNO3/c1-9-4-5-11(6-10(9)2)12-7-16-13(14-3)8-15-12;8-6-1-2-7(9(11)12)5(3-6)4-10/h4-8H,1-3H3,(H,14,16);1-4H. The Hall–Kier alpha value is -3.32. The van der Waals surface area contributed by atoms with E-state index in [1.807, 2.05) is 7.05 Å². The molecule has 0 spiro atoms. The van der Waals surface area contributed by atoms with Crippen LogP contribution in [0.3, 0.4) is 0 Å². The van der Waals surface area contributed by atoms with Crippen molar-refractivity contribution in [1.29, 1.82) is 0 Å². The summed E-state index contributed by atoms with van der Waals surface area (Å²) in [7, 11) is 1.83. The molecule has 0 atom stereocenters. The molecule has 0 saturated heterocycles. The molecule has 0 saturated carbocycles. The predicted octanol–water partition coefficient (Wildman–Crippen LogP) is 4.86. The minimum absolute atomic E-state index is 0.00694. The van der Waals surface area contributed by atoms with Crippen molar-refractivity contribution in [1.82, 2.24) is 9.97 Å². The lowest BCUT2D eigenvalue weighted by Gasteiger charge is -2.05. The summed E-state index contributed by atoms with van der Waals surface area (Å²) in [5.41, 5.74) is 4.35. The lowest BCUT2D eigenvalue weighted by Crippen LogP contribution is -1.94. The van der Waals surface area contributed by atoms with Gasteiger partial charge in [0, 0.05) is 23.7 Å². The highest BCUT2D eigenvalue weighted by Crippen LogP contribution is 2.21. The third-order valence-corrected chi connectivity index (χ3v) is 4.26. The van der Waals surface area contributed by atoms with E-state index in [0.29, 0.717) is 11.3 Å². The van der Waals surface area contributed by atoms with Gasteiger partial charge in [-0.3, -0.25) is 19.9 Å². The molecule has 28 heavy (non-hydrogen) atoms. The second-order valence-corrected chi connectivity index (χ2v) is 6.35. The first-order valence-electron chi connectivity index (χ1n) is 8.32. The number of nitro groups is 1. The Bertz CT molecular complexity index is 991. The minimum atomic E-state index is -0.625. The SMILES string of the molecule is CNc1cnc(-c2ccc(C)c(C)c2)cn1.O=Cc1cc(Cl)ccc1[N+](=O)[O-]. The lowest BCUT2D eigenvalue weighted by atomic mass is 10.0. The molecular weight excluding hydrogens is 380 g/mol. The quantitative estimate of drug-likeness (QED) is 0.382. The highest BCUT2D eigenvalue weighted by atomic mass is 35.5. The fourth-order valence-corrected chi connectivity index (χ4v) is 2.47. The summed E-state index contributed by atoms with van der Waals surface area (Å²) in [5, 5.41) is 13.6. The van der Waals surface area contributed by atoms with Gasteiger partial charge >= 0.3 is 0 Å². The Morgan fingerprint density at radius 1 is 1.07 bits per heavy atom. The normalized spacial score (nSPS) is 9.86. The largest absolute Gasteiger partial charge is 0.372 e. The first kappa shape index (κ1) is 21.0. The molecule has 0 aliphatic heterocycles. The van der Waals surface area contributed by atoms with Crippen LogP contribution in [-0.2, 0) is 0 Å². The van der Waals surface area contributed by atoms with Crippen LogP contribution >= 0.6 is 11.6 Å². The third kappa shape index (κ3) is 5.34. The monoisotopic (exact) mass is 398 g/mol. The molecule has 3 rings (SSSR count). The van der Waals surface area contributed by atoms with Crippen LogP contribution in [-0.4, -0.2) is 28.2 Å². The molecule has 1 heterocycles. The van der Waals surface area contributed by atoms with E-state index in [9.17, 15) is 14.9 Å². The van der Waals surface area contributed by atoms with Crippen LogP contribution in [0.1, 0.15) is 21.5 Å². The van der Waals surface area contributed by atoms with E-state index < -0.39 is 4.92 Å². The van der Waals surface area contributed by atoms with Gasteiger partial charge in [-0.2, -0.15) is 0 Å². The highest BCUT2D eigenvalue weighted by Gasteiger charge is 2.12. The number of hydrogen-bond acceptors (Lipinski definition) is 6. The Labute approximate surface area is 167 Å². The molecule has 144 valence electrons. The van der Waals surface area contributed by atoms with Gasteiger partial charge in [0.2, 0.25) is 0 Å². The molecular formula is C20H19ClN4O3. The maximum atomic E-state index is 10.3. The molecule has 0 fully saturated rings. The van der Waals surface area contributed by atoms with E-state index >= 15 is 0 Å². The summed E-state index contributed by atoms with van der Waals surface area (Å²) in [5.74, 6) is 0.785. The van der Waals surface area contributed by atoms with Crippen molar-refractivity contribution in [2.24, 2.45) is 0 Å². The maximum Gasteiger partial charge on any atom is 0.279 e. The van der Waals surface area contributed by atoms with Crippen molar-refractivity contribution in [3.8, 4) is 11.3 Å². The van der Waals surface area contributed by atoms with Gasteiger partial charge in [-0.1, -0.05) is 23.7 Å². The van der Waals surface area contributed by atoms with Gasteiger partial charge < -0.3 is 5.32 Å². The van der Waals surface area contributed by atoms with E-state index in [0.717, 1.165) is 17.1 Å². The van der Waals surface area contributed by atoms with Crippen molar-refractivity contribution < 1.29 is 9.72 Å². The average molecular weight is 399 g/mol. The molecule has 3 aromatic rings. The number of carbonyl (C=O) groups excluding carboxylic acids is 1. The van der Waals surface area contributed by atoms with E-state index in [4.69, 9.17) is 11.6 Å². The Kier molecular flexibility index (Phi) is 7.17. The van der Waals surface area contributed by atoms with Crippen molar-refractivity contribution in [2.45, 2.75) is 13.8 Å². The van der Waals surface area contributed by atoms with Gasteiger partial charge in [-0.05, 0) is 43.2 Å². The first-order chi connectivity index (χ1) is 13.3. The lowest BCUT2D eigenvalue weighted by molar-refractivity contribution is -0.385. The molecule has 8 heteroatoms. The van der Waals surface area contributed by atoms with Crippen molar-refractivity contribution in [3.63, 3.8) is 0 Å². The van der Waals surface area contributed by atoms with Crippen LogP contribution < -0.4 is 5.32 Å². The number of nitrogens with one attached hydrogen (secondary N) is 1. The second kappa shape index (κ2) is 9.57. The van der Waals surface area contributed by atoms with E-state index in [2.05, 4.69) is 47.3 Å². The second-order valence-electron chi connectivity index (χ2n) is 5.91. The van der Waals surface area contributed by atoms with Gasteiger partial charge in [0.05, 0.1) is 28.6 Å². The van der Waals surface area contributed by atoms with Gasteiger partial charge in [-0.25, -0.2) is 4.98 Å². The zero-order valence-corrected chi connectivity index (χ0v) is 16.4. The van der Waals surface area contributed by atoms with Gasteiger partial charge in [-0.15, -0.1) is 0 Å². The molecule has 0 bridgehead atoms. The maximum absolute atomic E-state index is 10.3. The minimum Gasteiger partial charge on any atom is -0.372 e. The average Bonchev–Trinajstić information content (AvgIpc) is 2.70. The van der Waals surface area contributed by atoms with Gasteiger partial charge in [0.1, 0.15) is 5.82 Å². The van der Waals surface area contributed by atoms with E-state index in [-0.39, 0.29) is 11.3 Å². The Morgan fingerprint density at radius 2 is 1.82 bits per heavy atom. The Morgan fingerprint density at radius 3 is 2.36 bits per heavy atom. The van der Waals surface area contributed by atoms with E-state index in [1.54, 1.807) is 12.4 Å². The topological polar surface area (TPSA) is 98.0 Å². The third-order valence-electron chi connectivity index (χ3n) is 4.02. The number of halogens is 1. The number of nitro benzene ring substituents is 1. The number of anilines is 1. The number of nitrogens with zero attached hydrogens (tertiary/aromatic N) is 3. The predicted molar refractivity (Wildman–Crippen MR) is 110 cm³/mol. The number of hydrogen-bond donors (Lipinski definition) is 1. The number of carbonyl (C=O) groups is 1. The van der Waals surface area contributed by atoms with Crippen LogP contribution in [0.2, 0.25) is 5.02 Å². The first-order valence-corrected chi connectivity index (χ1v) is 8.70. The molecule has 0 aliphatic rings. The molecule has 1 aromatic heterocycles. The van der Waals surface area contributed by atoms with Crippen LogP contribution in [0.25, 0.3) is 11.3 Å². The molecule has 0 unspecified atom stereocenters. The van der Waals surface area contributed by atoms with Crippen LogP contribution in [0, 0.1) is 24.0 Å². The zero-order valence-electron chi connectivity index (χ0n) is 15.6. The van der Waals surface area contributed by atoms with E-state index in [1.165, 1.54) is 29.3 Å². The van der Waals surface area contributed by atoms with Crippen molar-refractivity contribution in [3.05, 3.63) is 80.6 Å². The number of aryl methyl sites for hydroxylation is 2. The number of aldehydes is 1. The summed E-state index contributed by atoms with van der Waals surface area (Å²) in [6.07, 6.45) is 3.93.